The lowest BCUT2D eigenvalue weighted by molar-refractivity contribution is -0.136. The molecule has 1 aromatic heterocycles. The van der Waals surface area contributed by atoms with E-state index in [1.807, 2.05) is 38.2 Å². The normalized spacial score (nSPS) is 12.1. The van der Waals surface area contributed by atoms with E-state index >= 15 is 0 Å². The molecule has 0 aliphatic heterocycles. The first-order valence-corrected chi connectivity index (χ1v) is 6.29. The third-order valence-electron chi connectivity index (χ3n) is 3.01. The van der Waals surface area contributed by atoms with Gasteiger partial charge in [-0.2, -0.15) is 0 Å². The van der Waals surface area contributed by atoms with Crippen molar-refractivity contribution in [1.29, 1.82) is 0 Å². The van der Waals surface area contributed by atoms with Gasteiger partial charge in [0.15, 0.2) is 0 Å². The maximum Gasteiger partial charge on any atom is 0.313 e. The summed E-state index contributed by atoms with van der Waals surface area (Å²) in [5.74, 6) is -1.25. The fourth-order valence-electron chi connectivity index (χ4n) is 1.71. The largest absolute Gasteiger partial charge is 0.361 e. The van der Waals surface area contributed by atoms with Crippen LogP contribution in [-0.4, -0.2) is 22.8 Å². The molecule has 5 heteroatoms. The lowest BCUT2D eigenvalue weighted by atomic mass is 10.2. The molecular formula is C14H17N3O2. The number of aromatic amines is 1. The van der Waals surface area contributed by atoms with Gasteiger partial charge in [-0.3, -0.25) is 9.59 Å². The Morgan fingerprint density at radius 2 is 2.05 bits per heavy atom. The van der Waals surface area contributed by atoms with Crippen LogP contribution < -0.4 is 10.6 Å². The second-order valence-corrected chi connectivity index (χ2v) is 4.52. The molecule has 1 heterocycles. The van der Waals surface area contributed by atoms with E-state index < -0.39 is 11.8 Å². The zero-order chi connectivity index (χ0) is 13.8. The number of fused-ring (bicyclic) bond motifs is 1. The van der Waals surface area contributed by atoms with Gasteiger partial charge in [0, 0.05) is 28.8 Å². The standard InChI is InChI=1S/C14H17N3O2/c1-3-9(2)16-13(18)14(19)17-11-4-5-12-10(8-11)6-7-15-12/h4-9,15H,3H2,1-2H3,(H,16,18)(H,17,19)/t9-/m0/s1. The van der Waals surface area contributed by atoms with Gasteiger partial charge in [-0.1, -0.05) is 6.92 Å². The molecule has 2 aromatic rings. The second-order valence-electron chi connectivity index (χ2n) is 4.52. The molecule has 2 rings (SSSR count). The molecule has 0 spiro atoms. The van der Waals surface area contributed by atoms with E-state index in [0.29, 0.717) is 5.69 Å². The van der Waals surface area contributed by atoms with Crippen molar-refractivity contribution in [2.24, 2.45) is 0 Å². The Hall–Kier alpha value is -2.30. The highest BCUT2D eigenvalue weighted by molar-refractivity contribution is 6.39. The van der Waals surface area contributed by atoms with Crippen molar-refractivity contribution in [3.63, 3.8) is 0 Å². The minimum atomic E-state index is -0.643. The molecule has 1 aromatic carbocycles. The number of carbonyl (C=O) groups excluding carboxylic acids is 2. The minimum absolute atomic E-state index is 0.00889. The van der Waals surface area contributed by atoms with Crippen LogP contribution >= 0.6 is 0 Å². The van der Waals surface area contributed by atoms with E-state index in [9.17, 15) is 9.59 Å². The SMILES string of the molecule is CC[C@H](C)NC(=O)C(=O)Nc1ccc2[nH]ccc2c1. The average Bonchev–Trinajstić information content (AvgIpc) is 2.85. The first kappa shape index (κ1) is 13.1. The maximum atomic E-state index is 11.7. The molecule has 0 aliphatic carbocycles. The van der Waals surface area contributed by atoms with Crippen LogP contribution in [0, 0.1) is 0 Å². The first-order valence-electron chi connectivity index (χ1n) is 6.29. The third-order valence-corrected chi connectivity index (χ3v) is 3.01. The molecule has 1 atom stereocenters. The van der Waals surface area contributed by atoms with Crippen LogP contribution in [0.1, 0.15) is 20.3 Å². The van der Waals surface area contributed by atoms with Gasteiger partial charge in [0.1, 0.15) is 0 Å². The number of benzene rings is 1. The van der Waals surface area contributed by atoms with Crippen LogP contribution in [0.25, 0.3) is 10.9 Å². The van der Waals surface area contributed by atoms with Crippen molar-refractivity contribution in [3.8, 4) is 0 Å². The number of hydrogen-bond acceptors (Lipinski definition) is 2. The molecule has 2 amide bonds. The molecule has 0 fully saturated rings. The molecule has 0 aliphatic rings. The van der Waals surface area contributed by atoms with Crippen molar-refractivity contribution in [2.75, 3.05) is 5.32 Å². The van der Waals surface area contributed by atoms with Crippen molar-refractivity contribution >= 4 is 28.4 Å². The van der Waals surface area contributed by atoms with Crippen LogP contribution in [0.3, 0.4) is 0 Å². The third kappa shape index (κ3) is 3.13. The van der Waals surface area contributed by atoms with Crippen molar-refractivity contribution in [2.45, 2.75) is 26.3 Å². The molecule has 0 saturated carbocycles. The summed E-state index contributed by atoms with van der Waals surface area (Å²) in [5, 5.41) is 6.20. The predicted octanol–water partition coefficient (Wildman–Crippen LogP) is 2.02. The topological polar surface area (TPSA) is 74.0 Å². The van der Waals surface area contributed by atoms with Gasteiger partial charge in [0.25, 0.3) is 0 Å². The molecule has 19 heavy (non-hydrogen) atoms. The summed E-state index contributed by atoms with van der Waals surface area (Å²) in [4.78, 5) is 26.4. The van der Waals surface area contributed by atoms with Gasteiger partial charge in [-0.15, -0.1) is 0 Å². The molecule has 100 valence electrons. The number of anilines is 1. The van der Waals surface area contributed by atoms with Crippen molar-refractivity contribution in [3.05, 3.63) is 30.5 Å². The van der Waals surface area contributed by atoms with Crippen LogP contribution in [0.4, 0.5) is 5.69 Å². The van der Waals surface area contributed by atoms with Crippen LogP contribution in [0.2, 0.25) is 0 Å². The smallest absolute Gasteiger partial charge is 0.313 e. The van der Waals surface area contributed by atoms with Gasteiger partial charge in [0.2, 0.25) is 0 Å². The van der Waals surface area contributed by atoms with Crippen LogP contribution in [-0.2, 0) is 9.59 Å². The molecular weight excluding hydrogens is 242 g/mol. The maximum absolute atomic E-state index is 11.7. The summed E-state index contributed by atoms with van der Waals surface area (Å²) in [6.07, 6.45) is 2.61. The summed E-state index contributed by atoms with van der Waals surface area (Å²) in [7, 11) is 0. The Bertz CT molecular complexity index is 604. The van der Waals surface area contributed by atoms with Crippen LogP contribution in [0.15, 0.2) is 30.5 Å². The fourth-order valence-corrected chi connectivity index (χ4v) is 1.71. The Labute approximate surface area is 111 Å². The number of nitrogens with one attached hydrogen (secondary N) is 3. The molecule has 3 N–H and O–H groups in total. The number of H-pyrrole nitrogens is 1. The number of amides is 2. The zero-order valence-electron chi connectivity index (χ0n) is 11.0. The molecule has 0 saturated heterocycles. The molecule has 0 unspecified atom stereocenters. The number of aromatic nitrogens is 1. The Morgan fingerprint density at radius 1 is 1.26 bits per heavy atom. The quantitative estimate of drug-likeness (QED) is 0.738. The Morgan fingerprint density at radius 3 is 2.79 bits per heavy atom. The summed E-state index contributed by atoms with van der Waals surface area (Å²) in [6.45, 7) is 3.81. The summed E-state index contributed by atoms with van der Waals surface area (Å²) >= 11 is 0. The fraction of sp³-hybridized carbons (Fsp3) is 0.286. The Kier molecular flexibility index (Phi) is 3.85. The van der Waals surface area contributed by atoms with E-state index in [2.05, 4.69) is 15.6 Å². The predicted molar refractivity (Wildman–Crippen MR) is 74.8 cm³/mol. The summed E-state index contributed by atoms with van der Waals surface area (Å²) in [5.41, 5.74) is 1.60. The number of rotatable bonds is 3. The lowest BCUT2D eigenvalue weighted by Gasteiger charge is -2.11. The van der Waals surface area contributed by atoms with Gasteiger partial charge >= 0.3 is 11.8 Å². The number of hydrogen-bond donors (Lipinski definition) is 3. The van der Waals surface area contributed by atoms with E-state index in [4.69, 9.17) is 0 Å². The molecule has 5 nitrogen and oxygen atoms in total. The number of carbonyl (C=O) groups is 2. The summed E-state index contributed by atoms with van der Waals surface area (Å²) < 4.78 is 0. The molecule has 0 radical (unpaired) electrons. The van der Waals surface area contributed by atoms with Crippen molar-refractivity contribution in [1.82, 2.24) is 10.3 Å². The average molecular weight is 259 g/mol. The van der Waals surface area contributed by atoms with E-state index in [-0.39, 0.29) is 6.04 Å². The zero-order valence-corrected chi connectivity index (χ0v) is 11.0. The van der Waals surface area contributed by atoms with E-state index in [0.717, 1.165) is 17.3 Å². The van der Waals surface area contributed by atoms with Gasteiger partial charge in [-0.25, -0.2) is 0 Å². The Balaban J connectivity index is 2.03. The van der Waals surface area contributed by atoms with E-state index in [1.165, 1.54) is 0 Å². The van der Waals surface area contributed by atoms with Gasteiger partial charge < -0.3 is 15.6 Å². The lowest BCUT2D eigenvalue weighted by Crippen LogP contribution is -2.40. The van der Waals surface area contributed by atoms with Gasteiger partial charge in [0.05, 0.1) is 0 Å². The highest BCUT2D eigenvalue weighted by Gasteiger charge is 2.15. The highest BCUT2D eigenvalue weighted by atomic mass is 16.2. The minimum Gasteiger partial charge on any atom is -0.361 e. The highest BCUT2D eigenvalue weighted by Crippen LogP contribution is 2.17. The monoisotopic (exact) mass is 259 g/mol. The van der Waals surface area contributed by atoms with Crippen LogP contribution in [0.5, 0.6) is 0 Å². The second kappa shape index (κ2) is 5.56. The van der Waals surface area contributed by atoms with Crippen molar-refractivity contribution < 1.29 is 9.59 Å². The molecule has 0 bridgehead atoms. The summed E-state index contributed by atoms with van der Waals surface area (Å²) in [6, 6.07) is 7.33. The van der Waals surface area contributed by atoms with E-state index in [1.54, 1.807) is 6.07 Å². The first-order chi connectivity index (χ1) is 9.10. The van der Waals surface area contributed by atoms with Gasteiger partial charge in [-0.05, 0) is 37.6 Å².